The van der Waals surface area contributed by atoms with Gasteiger partial charge in [0.2, 0.25) is 0 Å². The number of nitrogens with zero attached hydrogens (tertiary/aromatic N) is 1. The van der Waals surface area contributed by atoms with Gasteiger partial charge in [-0.25, -0.2) is 0 Å². The largest absolute Gasteiger partial charge is 0.490 e. The molecule has 0 spiro atoms. The quantitative estimate of drug-likeness (QED) is 0.563. The van der Waals surface area contributed by atoms with Gasteiger partial charge in [-0.05, 0) is 18.1 Å². The molecule has 17 heavy (non-hydrogen) atoms. The van der Waals surface area contributed by atoms with E-state index in [9.17, 15) is 14.9 Å². The number of nitro groups is 1. The molecule has 0 atom stereocenters. The Balaban J connectivity index is 2.90. The van der Waals surface area contributed by atoms with Crippen molar-refractivity contribution in [3.8, 4) is 5.75 Å². The van der Waals surface area contributed by atoms with Crippen molar-refractivity contribution in [1.82, 2.24) is 0 Å². The number of nitro benzene ring substituents is 1. The van der Waals surface area contributed by atoms with Crippen LogP contribution in [0.1, 0.15) is 25.3 Å². The first-order chi connectivity index (χ1) is 8.08. The van der Waals surface area contributed by atoms with Gasteiger partial charge in [0, 0.05) is 18.9 Å². The Morgan fingerprint density at radius 3 is 2.71 bits per heavy atom. The summed E-state index contributed by atoms with van der Waals surface area (Å²) >= 11 is 0. The Labute approximate surface area is 99.5 Å². The van der Waals surface area contributed by atoms with E-state index in [0.29, 0.717) is 12.8 Å². The minimum Gasteiger partial charge on any atom is -0.490 e. The van der Waals surface area contributed by atoms with E-state index in [1.807, 2.05) is 6.92 Å². The molecule has 0 aliphatic carbocycles. The lowest BCUT2D eigenvalue weighted by atomic mass is 10.1. The second kappa shape index (κ2) is 5.98. The van der Waals surface area contributed by atoms with Crippen molar-refractivity contribution < 1.29 is 14.5 Å². The molecule has 0 aliphatic heterocycles. The van der Waals surface area contributed by atoms with Gasteiger partial charge in [0.15, 0.2) is 5.75 Å². The van der Waals surface area contributed by atoms with E-state index >= 15 is 0 Å². The summed E-state index contributed by atoms with van der Waals surface area (Å²) < 4.78 is 4.94. The number of benzene rings is 1. The molecule has 1 aromatic rings. The third kappa shape index (κ3) is 3.55. The fourth-order valence-corrected chi connectivity index (χ4v) is 1.58. The Kier molecular flexibility index (Phi) is 4.63. The number of methoxy groups -OCH3 is 1. The van der Waals surface area contributed by atoms with Crippen molar-refractivity contribution in [2.45, 2.75) is 26.2 Å². The molecule has 92 valence electrons. The molecule has 1 rings (SSSR count). The molecule has 0 unspecified atom stereocenters. The summed E-state index contributed by atoms with van der Waals surface area (Å²) in [5.41, 5.74) is 0.657. The minimum atomic E-state index is -0.503. The number of hydrogen-bond donors (Lipinski definition) is 0. The lowest BCUT2D eigenvalue weighted by molar-refractivity contribution is -0.385. The zero-order valence-corrected chi connectivity index (χ0v) is 9.93. The average molecular weight is 237 g/mol. The van der Waals surface area contributed by atoms with Gasteiger partial charge in [-0.15, -0.1) is 0 Å². The van der Waals surface area contributed by atoms with Gasteiger partial charge in [0.1, 0.15) is 5.78 Å². The predicted molar refractivity (Wildman–Crippen MR) is 63.3 cm³/mol. The summed E-state index contributed by atoms with van der Waals surface area (Å²) in [6.45, 7) is 1.94. The highest BCUT2D eigenvalue weighted by Gasteiger charge is 2.15. The standard InChI is InChI=1S/C12H15NO4/c1-3-4-10(14)7-9-5-6-11(13(15)16)12(8-9)17-2/h5-6,8H,3-4,7H2,1-2H3. The summed E-state index contributed by atoms with van der Waals surface area (Å²) in [4.78, 5) is 21.6. The van der Waals surface area contributed by atoms with Crippen LogP contribution in [-0.4, -0.2) is 17.8 Å². The van der Waals surface area contributed by atoms with Crippen LogP contribution < -0.4 is 4.74 Å². The molecule has 0 saturated carbocycles. The van der Waals surface area contributed by atoms with E-state index in [-0.39, 0.29) is 17.2 Å². The number of carbonyl (C=O) groups excluding carboxylic acids is 1. The van der Waals surface area contributed by atoms with E-state index in [1.165, 1.54) is 13.2 Å². The lowest BCUT2D eigenvalue weighted by Gasteiger charge is -2.04. The highest BCUT2D eigenvalue weighted by Crippen LogP contribution is 2.27. The van der Waals surface area contributed by atoms with Crippen LogP contribution in [0.15, 0.2) is 18.2 Å². The normalized spacial score (nSPS) is 10.0. The molecule has 0 amide bonds. The van der Waals surface area contributed by atoms with E-state index in [4.69, 9.17) is 4.74 Å². The lowest BCUT2D eigenvalue weighted by Crippen LogP contribution is -2.02. The maximum atomic E-state index is 11.5. The molecule has 0 aromatic heterocycles. The Hall–Kier alpha value is -1.91. The average Bonchev–Trinajstić information content (AvgIpc) is 2.28. The van der Waals surface area contributed by atoms with Crippen molar-refractivity contribution in [3.05, 3.63) is 33.9 Å². The summed E-state index contributed by atoms with van der Waals surface area (Å²) in [6, 6.07) is 4.51. The number of rotatable bonds is 6. The van der Waals surface area contributed by atoms with E-state index in [0.717, 1.165) is 12.0 Å². The van der Waals surface area contributed by atoms with E-state index in [1.54, 1.807) is 12.1 Å². The number of Topliss-reactive ketones (excluding diaryl/α,β-unsaturated/α-hetero) is 1. The number of hydrogen-bond acceptors (Lipinski definition) is 4. The smallest absolute Gasteiger partial charge is 0.310 e. The monoisotopic (exact) mass is 237 g/mol. The molecule has 0 radical (unpaired) electrons. The fourth-order valence-electron chi connectivity index (χ4n) is 1.58. The summed E-state index contributed by atoms with van der Waals surface area (Å²) in [5.74, 6) is 0.320. The van der Waals surface area contributed by atoms with Crippen LogP contribution >= 0.6 is 0 Å². The Bertz CT molecular complexity index is 429. The fraction of sp³-hybridized carbons (Fsp3) is 0.417. The van der Waals surface area contributed by atoms with Gasteiger partial charge in [0.05, 0.1) is 12.0 Å². The van der Waals surface area contributed by atoms with Crippen LogP contribution in [-0.2, 0) is 11.2 Å². The molecule has 1 aromatic carbocycles. The van der Waals surface area contributed by atoms with Crippen LogP contribution in [0.5, 0.6) is 5.75 Å². The zero-order chi connectivity index (χ0) is 12.8. The first-order valence-corrected chi connectivity index (χ1v) is 5.41. The number of ketones is 1. The first kappa shape index (κ1) is 13.2. The van der Waals surface area contributed by atoms with E-state index < -0.39 is 4.92 Å². The van der Waals surface area contributed by atoms with Gasteiger partial charge in [-0.1, -0.05) is 13.0 Å². The molecular weight excluding hydrogens is 222 g/mol. The summed E-state index contributed by atoms with van der Waals surface area (Å²) in [6.07, 6.45) is 1.63. The molecule has 0 saturated heterocycles. The molecule has 0 heterocycles. The maximum absolute atomic E-state index is 11.5. The summed E-state index contributed by atoms with van der Waals surface area (Å²) in [5, 5.41) is 10.7. The third-order valence-electron chi connectivity index (χ3n) is 2.37. The van der Waals surface area contributed by atoms with Crippen LogP contribution in [0.25, 0.3) is 0 Å². The number of carbonyl (C=O) groups is 1. The maximum Gasteiger partial charge on any atom is 0.310 e. The predicted octanol–water partition coefficient (Wildman–Crippen LogP) is 2.52. The van der Waals surface area contributed by atoms with Crippen molar-refractivity contribution in [1.29, 1.82) is 0 Å². The molecular formula is C12H15NO4. The molecule has 0 aliphatic rings. The van der Waals surface area contributed by atoms with Crippen molar-refractivity contribution in [3.63, 3.8) is 0 Å². The van der Waals surface area contributed by atoms with Crippen molar-refractivity contribution in [2.75, 3.05) is 7.11 Å². The van der Waals surface area contributed by atoms with Crippen LogP contribution in [0.4, 0.5) is 5.69 Å². The highest BCUT2D eigenvalue weighted by atomic mass is 16.6. The van der Waals surface area contributed by atoms with Gasteiger partial charge in [-0.2, -0.15) is 0 Å². The second-order valence-electron chi connectivity index (χ2n) is 3.73. The first-order valence-electron chi connectivity index (χ1n) is 5.41. The topological polar surface area (TPSA) is 69.4 Å². The van der Waals surface area contributed by atoms with E-state index in [2.05, 4.69) is 0 Å². The van der Waals surface area contributed by atoms with Crippen molar-refractivity contribution in [2.24, 2.45) is 0 Å². The van der Waals surface area contributed by atoms with Gasteiger partial charge < -0.3 is 4.74 Å². The SMILES string of the molecule is CCCC(=O)Cc1ccc([N+](=O)[O-])c(OC)c1. The molecule has 5 nitrogen and oxygen atoms in total. The van der Waals surface area contributed by atoms with Gasteiger partial charge in [0.25, 0.3) is 0 Å². The Morgan fingerprint density at radius 1 is 1.47 bits per heavy atom. The van der Waals surface area contributed by atoms with Crippen molar-refractivity contribution >= 4 is 11.5 Å². The Morgan fingerprint density at radius 2 is 2.18 bits per heavy atom. The van der Waals surface area contributed by atoms with Gasteiger partial charge >= 0.3 is 5.69 Å². The van der Waals surface area contributed by atoms with Crippen LogP contribution in [0.3, 0.4) is 0 Å². The second-order valence-corrected chi connectivity index (χ2v) is 3.73. The number of ether oxygens (including phenoxy) is 1. The van der Waals surface area contributed by atoms with Crippen LogP contribution in [0.2, 0.25) is 0 Å². The summed E-state index contributed by atoms with van der Waals surface area (Å²) in [7, 11) is 1.37. The zero-order valence-electron chi connectivity index (χ0n) is 9.93. The molecule has 0 bridgehead atoms. The third-order valence-corrected chi connectivity index (χ3v) is 2.37. The minimum absolute atomic E-state index is 0.0841. The molecule has 0 N–H and O–H groups in total. The molecule has 0 fully saturated rings. The molecule has 5 heteroatoms. The van der Waals surface area contributed by atoms with Gasteiger partial charge in [-0.3, -0.25) is 14.9 Å². The highest BCUT2D eigenvalue weighted by molar-refractivity contribution is 5.81. The van der Waals surface area contributed by atoms with Crippen LogP contribution in [0, 0.1) is 10.1 Å².